The molecule has 2 saturated heterocycles. The molecule has 0 radical (unpaired) electrons. The molecular formula is C46H77N9O12P-. The number of H-pyrrole nitrogens is 1. The molecule has 9 atom stereocenters. The van der Waals surface area contributed by atoms with Crippen LogP contribution in [0.3, 0.4) is 0 Å². The zero-order valence-electron chi connectivity index (χ0n) is 41.1. The average molecular weight is 979 g/mol. The van der Waals surface area contributed by atoms with Crippen LogP contribution < -0.4 is 27.6 Å². The summed E-state index contributed by atoms with van der Waals surface area (Å²) in [4.78, 5) is 70.7. The first-order valence-electron chi connectivity index (χ1n) is 24.6. The van der Waals surface area contributed by atoms with Crippen molar-refractivity contribution in [1.82, 2.24) is 34.0 Å². The number of hydrogen-bond donors (Lipinski definition) is 3. The Labute approximate surface area is 399 Å². The molecule has 3 aromatic rings. The number of methoxy groups -OCH3 is 2. The van der Waals surface area contributed by atoms with E-state index in [1.807, 2.05) is 13.8 Å². The minimum absolute atomic E-state index is 0.0287. The Hall–Kier alpha value is -3.79. The van der Waals surface area contributed by atoms with Gasteiger partial charge in [0.05, 0.1) is 31.2 Å². The molecule has 0 aromatic carbocycles. The zero-order valence-corrected chi connectivity index (χ0v) is 42.0. The van der Waals surface area contributed by atoms with Gasteiger partial charge in [0.25, 0.3) is 13.4 Å². The molecule has 2 aliphatic rings. The SMILES string of the molecule is CCCCCCCCCCCCCCCCCN(C[C@H]1O[C@@H](n2cnc3c(=O)[nH]c(N)nc32)C(OC)C1OP(=O)([O-])OC(C)C)C(=O)CC1C(OC)[C@H](n2ccc(N)nc2=O)O[C@@H]1COC(C)C. The van der Waals surface area contributed by atoms with Gasteiger partial charge < -0.3 is 54.0 Å². The lowest BCUT2D eigenvalue weighted by Crippen LogP contribution is -2.46. The Balaban J connectivity index is 1.38. The first kappa shape index (κ1) is 55.1. The summed E-state index contributed by atoms with van der Waals surface area (Å²) in [5, 5.41) is 0. The number of nitrogens with two attached hydrogens (primary N) is 2. The fourth-order valence-electron chi connectivity index (χ4n) is 9.17. The third-order valence-corrected chi connectivity index (χ3v) is 13.7. The highest BCUT2D eigenvalue weighted by atomic mass is 31.2. The highest BCUT2D eigenvalue weighted by Crippen LogP contribution is 2.47. The molecule has 3 aromatic heterocycles. The molecule has 22 heteroatoms. The van der Waals surface area contributed by atoms with E-state index >= 15 is 0 Å². The number of nitrogen functional groups attached to an aromatic ring is 2. The molecular weight excluding hydrogens is 902 g/mol. The molecule has 68 heavy (non-hydrogen) atoms. The van der Waals surface area contributed by atoms with Gasteiger partial charge in [-0.05, 0) is 40.2 Å². The number of ether oxygens (including phenoxy) is 5. The number of imidazole rings is 1. The van der Waals surface area contributed by atoms with Gasteiger partial charge in [-0.3, -0.25) is 28.3 Å². The summed E-state index contributed by atoms with van der Waals surface area (Å²) in [6, 6.07) is 1.48. The van der Waals surface area contributed by atoms with Gasteiger partial charge in [-0.2, -0.15) is 9.97 Å². The molecule has 0 saturated carbocycles. The van der Waals surface area contributed by atoms with Gasteiger partial charge in [0.15, 0.2) is 23.6 Å². The van der Waals surface area contributed by atoms with Crippen LogP contribution in [0.1, 0.15) is 150 Å². The Morgan fingerprint density at radius 1 is 0.838 bits per heavy atom. The molecule has 5 heterocycles. The van der Waals surface area contributed by atoms with Crippen molar-refractivity contribution in [3.8, 4) is 0 Å². The number of aromatic amines is 1. The van der Waals surface area contributed by atoms with Gasteiger partial charge >= 0.3 is 5.69 Å². The second kappa shape index (κ2) is 27.0. The van der Waals surface area contributed by atoms with Crippen molar-refractivity contribution in [2.24, 2.45) is 5.92 Å². The van der Waals surface area contributed by atoms with Crippen LogP contribution in [0.25, 0.3) is 11.2 Å². The number of carbonyl (C=O) groups excluding carboxylic acids is 1. The van der Waals surface area contributed by atoms with Crippen LogP contribution in [-0.4, -0.2) is 117 Å². The third kappa shape index (κ3) is 15.6. The van der Waals surface area contributed by atoms with Crippen molar-refractivity contribution in [2.75, 3.05) is 45.4 Å². The van der Waals surface area contributed by atoms with E-state index in [4.69, 9.17) is 44.2 Å². The third-order valence-electron chi connectivity index (χ3n) is 12.6. The van der Waals surface area contributed by atoms with Crippen LogP contribution in [0, 0.1) is 5.92 Å². The molecule has 0 bridgehead atoms. The van der Waals surface area contributed by atoms with Crippen molar-refractivity contribution in [2.45, 2.75) is 193 Å². The molecule has 0 spiro atoms. The van der Waals surface area contributed by atoms with E-state index in [1.165, 1.54) is 106 Å². The van der Waals surface area contributed by atoms with Gasteiger partial charge in [-0.25, -0.2) is 9.78 Å². The monoisotopic (exact) mass is 979 g/mol. The van der Waals surface area contributed by atoms with Gasteiger partial charge in [-0.1, -0.05) is 96.8 Å². The number of anilines is 2. The number of phosphoric acid groups is 1. The minimum Gasteiger partial charge on any atom is -0.756 e. The van der Waals surface area contributed by atoms with Crippen LogP contribution in [-0.2, 0) is 42.1 Å². The van der Waals surface area contributed by atoms with Crippen LogP contribution >= 0.6 is 7.82 Å². The topological polar surface area (TPSA) is 276 Å². The second-order valence-corrected chi connectivity index (χ2v) is 19.9. The van der Waals surface area contributed by atoms with E-state index in [0.717, 1.165) is 25.7 Å². The van der Waals surface area contributed by atoms with Gasteiger partial charge in [0.2, 0.25) is 11.9 Å². The van der Waals surface area contributed by atoms with Crippen LogP contribution in [0.5, 0.6) is 0 Å². The number of unbranched alkanes of at least 4 members (excludes halogenated alkanes) is 14. The lowest BCUT2D eigenvalue weighted by Gasteiger charge is -2.34. The molecule has 5 N–H and O–H groups in total. The van der Waals surface area contributed by atoms with E-state index in [0.29, 0.717) is 13.0 Å². The predicted octanol–water partition coefficient (Wildman–Crippen LogP) is 5.78. The van der Waals surface area contributed by atoms with Crippen molar-refractivity contribution >= 4 is 36.7 Å². The molecule has 2 fully saturated rings. The average Bonchev–Trinajstić information content (AvgIpc) is 3.95. The molecule has 21 nitrogen and oxygen atoms in total. The number of phosphoric ester groups is 1. The van der Waals surface area contributed by atoms with Gasteiger partial charge in [-0.15, -0.1) is 0 Å². The summed E-state index contributed by atoms with van der Waals surface area (Å²) in [6.45, 7) is 9.40. The van der Waals surface area contributed by atoms with E-state index < -0.39 is 74.1 Å². The smallest absolute Gasteiger partial charge is 0.351 e. The number of carbonyl (C=O) groups is 1. The van der Waals surface area contributed by atoms with Crippen molar-refractivity contribution in [1.29, 1.82) is 0 Å². The molecule has 5 rings (SSSR count). The van der Waals surface area contributed by atoms with Crippen LogP contribution in [0.2, 0.25) is 0 Å². The summed E-state index contributed by atoms with van der Waals surface area (Å²) < 4.78 is 58.1. The van der Waals surface area contributed by atoms with E-state index in [-0.39, 0.29) is 54.5 Å². The predicted molar refractivity (Wildman–Crippen MR) is 254 cm³/mol. The lowest BCUT2D eigenvalue weighted by molar-refractivity contribution is -0.236. The molecule has 5 unspecified atom stereocenters. The van der Waals surface area contributed by atoms with Crippen LogP contribution in [0.15, 0.2) is 28.2 Å². The Kier molecular flexibility index (Phi) is 21.9. The number of hydrogen-bond acceptors (Lipinski definition) is 17. The Morgan fingerprint density at radius 3 is 2.00 bits per heavy atom. The van der Waals surface area contributed by atoms with Gasteiger partial charge in [0.1, 0.15) is 30.2 Å². The Bertz CT molecular complexity index is 2170. The largest absolute Gasteiger partial charge is 0.756 e. The molecule has 1 amide bonds. The summed E-state index contributed by atoms with van der Waals surface area (Å²) in [7, 11) is -2.14. The van der Waals surface area contributed by atoms with Crippen molar-refractivity contribution in [3.63, 3.8) is 0 Å². The van der Waals surface area contributed by atoms with Crippen LogP contribution in [0.4, 0.5) is 11.8 Å². The number of nitrogens with zero attached hydrogens (tertiary/aromatic N) is 6. The number of rotatable bonds is 31. The zero-order chi connectivity index (χ0) is 49.4. The number of fused-ring (bicyclic) bond motifs is 1. The normalized spacial score (nSPS) is 23.9. The molecule has 384 valence electrons. The fourth-order valence-corrected chi connectivity index (χ4v) is 10.3. The summed E-state index contributed by atoms with van der Waals surface area (Å²) in [5.74, 6) is -1.03. The molecule has 0 aliphatic carbocycles. The summed E-state index contributed by atoms with van der Waals surface area (Å²) >= 11 is 0. The van der Waals surface area contributed by atoms with Crippen molar-refractivity contribution in [3.05, 3.63) is 39.4 Å². The first-order chi connectivity index (χ1) is 32.6. The highest BCUT2D eigenvalue weighted by Gasteiger charge is 2.51. The summed E-state index contributed by atoms with van der Waals surface area (Å²) in [5.41, 5.74) is 10.5. The van der Waals surface area contributed by atoms with E-state index in [2.05, 4.69) is 26.9 Å². The van der Waals surface area contributed by atoms with E-state index in [1.54, 1.807) is 18.7 Å². The van der Waals surface area contributed by atoms with Gasteiger partial charge in [0, 0.05) is 45.8 Å². The first-order valence-corrected chi connectivity index (χ1v) is 26.0. The van der Waals surface area contributed by atoms with Crippen molar-refractivity contribution < 1.29 is 47.0 Å². The maximum Gasteiger partial charge on any atom is 0.351 e. The standard InChI is InChI=1S/C46H78N9O12P/c1-8-9-10-11-12-13-14-15-16-17-18-19-20-21-22-24-53(36(56)26-32-34(28-63-30(2)3)65-43(38(32)61-6)54-25-23-35(47)50-46(54)58)27-33-39(67-68(59,60)66-31(4)5)40(62-7)44(64-33)55-29-49-37-41(55)51-45(48)52-42(37)57/h23,25,29-34,38-40,43-44H,8-22,24,26-28H2,1-7H3,(H,59,60)(H2,47,50,58)(H3,48,51,52,57)/p-1/t32?,33-,34-,38?,39?,40?,43-,44-/m1/s1. The number of amides is 1. The van der Waals surface area contributed by atoms with E-state index in [9.17, 15) is 23.8 Å². The lowest BCUT2D eigenvalue weighted by atomic mass is 9.93. The maximum absolute atomic E-state index is 14.9. The molecule has 2 aliphatic heterocycles. The summed E-state index contributed by atoms with van der Waals surface area (Å²) in [6.07, 6.45) is 12.3. The highest BCUT2D eigenvalue weighted by molar-refractivity contribution is 7.45. The fraction of sp³-hybridized carbons (Fsp3) is 0.783. The number of aromatic nitrogens is 6. The Morgan fingerprint density at radius 2 is 1.43 bits per heavy atom. The minimum atomic E-state index is -4.99. The second-order valence-electron chi connectivity index (χ2n) is 18.6. The quantitative estimate of drug-likeness (QED) is 0.0509. The maximum atomic E-state index is 14.9. The number of nitrogens with one attached hydrogen (secondary N) is 1.